The third-order valence-electron chi connectivity index (χ3n) is 5.58. The van der Waals surface area contributed by atoms with Gasteiger partial charge < -0.3 is 4.90 Å². The maximum absolute atomic E-state index is 14.7. The fourth-order valence-electron chi connectivity index (χ4n) is 3.71. The van der Waals surface area contributed by atoms with Crippen LogP contribution in [-0.4, -0.2) is 36.9 Å². The first kappa shape index (κ1) is 23.3. The fourth-order valence-corrected chi connectivity index (χ4v) is 4.19. The molecule has 2 aromatic carbocycles. The Kier molecular flexibility index (Phi) is 5.61. The zero-order valence-electron chi connectivity index (χ0n) is 17.8. The first-order valence-electron chi connectivity index (χ1n) is 9.87. The Labute approximate surface area is 196 Å². The highest BCUT2D eigenvalue weighted by Gasteiger charge is 2.49. The van der Waals surface area contributed by atoms with Gasteiger partial charge in [0.05, 0.1) is 29.1 Å². The predicted octanol–water partition coefficient (Wildman–Crippen LogP) is 4.41. The van der Waals surface area contributed by atoms with Gasteiger partial charge in [-0.3, -0.25) is 9.69 Å². The van der Waals surface area contributed by atoms with E-state index in [0.29, 0.717) is 11.3 Å². The number of benzene rings is 2. The average Bonchev–Trinajstić information content (AvgIpc) is 3.35. The normalized spacial score (nSPS) is 15.7. The van der Waals surface area contributed by atoms with Crippen molar-refractivity contribution in [2.24, 2.45) is 0 Å². The number of carbonyl (C=O) groups is 1. The second kappa shape index (κ2) is 8.18. The van der Waals surface area contributed by atoms with Gasteiger partial charge >= 0.3 is 6.18 Å². The van der Waals surface area contributed by atoms with Crippen LogP contribution in [0.1, 0.15) is 30.5 Å². The topological polar surface area (TPSA) is 88.9 Å². The zero-order chi connectivity index (χ0) is 24.8. The van der Waals surface area contributed by atoms with Crippen molar-refractivity contribution in [2.45, 2.75) is 32.1 Å². The van der Waals surface area contributed by atoms with E-state index in [1.807, 2.05) is 0 Å². The van der Waals surface area contributed by atoms with E-state index in [9.17, 15) is 22.4 Å². The molecule has 34 heavy (non-hydrogen) atoms. The van der Waals surface area contributed by atoms with E-state index in [-0.39, 0.29) is 22.9 Å². The van der Waals surface area contributed by atoms with Crippen molar-refractivity contribution in [1.29, 1.82) is 5.26 Å². The summed E-state index contributed by atoms with van der Waals surface area (Å²) in [6, 6.07) is 8.92. The Morgan fingerprint density at radius 2 is 1.94 bits per heavy atom. The van der Waals surface area contributed by atoms with Gasteiger partial charge in [-0.2, -0.15) is 33.8 Å². The number of nitriles is 1. The molecule has 0 unspecified atom stereocenters. The van der Waals surface area contributed by atoms with Crippen LogP contribution in [0.15, 0.2) is 42.6 Å². The molecule has 0 saturated carbocycles. The number of aromatic nitrogens is 3. The molecule has 0 bridgehead atoms. The zero-order valence-corrected chi connectivity index (χ0v) is 18.6. The molecule has 1 aromatic heterocycles. The number of halogens is 4. The molecule has 1 N–H and O–H groups in total. The molecule has 3 aromatic rings. The highest BCUT2D eigenvalue weighted by Crippen LogP contribution is 2.38. The molecule has 1 amide bonds. The lowest BCUT2D eigenvalue weighted by molar-refractivity contribution is -0.137. The molecule has 4 rings (SSSR count). The Morgan fingerprint density at radius 1 is 1.21 bits per heavy atom. The number of hydrogen-bond acceptors (Lipinski definition) is 5. The van der Waals surface area contributed by atoms with E-state index >= 15 is 0 Å². The van der Waals surface area contributed by atoms with Gasteiger partial charge in [-0.1, -0.05) is 6.07 Å². The number of amides is 1. The van der Waals surface area contributed by atoms with Gasteiger partial charge in [0.2, 0.25) is 0 Å². The molecule has 7 nitrogen and oxygen atoms in total. The summed E-state index contributed by atoms with van der Waals surface area (Å²) < 4.78 is 55.0. The van der Waals surface area contributed by atoms with E-state index in [4.69, 9.17) is 17.5 Å². The van der Waals surface area contributed by atoms with Crippen molar-refractivity contribution in [3.05, 3.63) is 65.1 Å². The van der Waals surface area contributed by atoms with E-state index in [0.717, 1.165) is 17.0 Å². The Morgan fingerprint density at radius 3 is 2.53 bits per heavy atom. The summed E-state index contributed by atoms with van der Waals surface area (Å²) in [5.74, 6) is -1.10. The minimum absolute atomic E-state index is 0.0335. The third kappa shape index (κ3) is 3.88. The molecule has 1 saturated heterocycles. The molecular weight excluding hydrogens is 472 g/mol. The van der Waals surface area contributed by atoms with Gasteiger partial charge in [-0.25, -0.2) is 4.39 Å². The van der Waals surface area contributed by atoms with Crippen LogP contribution < -0.4 is 4.90 Å². The van der Waals surface area contributed by atoms with Crippen LogP contribution in [0.2, 0.25) is 0 Å². The van der Waals surface area contributed by atoms with Crippen molar-refractivity contribution in [3.63, 3.8) is 0 Å². The molecule has 0 atom stereocenters. The van der Waals surface area contributed by atoms with Crippen molar-refractivity contribution >= 4 is 28.9 Å². The second-order valence-corrected chi connectivity index (χ2v) is 8.44. The van der Waals surface area contributed by atoms with Crippen LogP contribution in [0.5, 0.6) is 0 Å². The monoisotopic (exact) mass is 488 g/mol. The minimum Gasteiger partial charge on any atom is -0.330 e. The number of nitrogens with zero attached hydrogens (tertiary/aromatic N) is 5. The highest BCUT2D eigenvalue weighted by molar-refractivity contribution is 7.80. The molecule has 174 valence electrons. The van der Waals surface area contributed by atoms with Crippen molar-refractivity contribution in [2.75, 3.05) is 4.90 Å². The summed E-state index contributed by atoms with van der Waals surface area (Å²) in [7, 11) is 0. The summed E-state index contributed by atoms with van der Waals surface area (Å²) >= 11 is 5.46. The molecule has 2 heterocycles. The lowest BCUT2D eigenvalue weighted by Crippen LogP contribution is -2.43. The summed E-state index contributed by atoms with van der Waals surface area (Å²) in [5, 5.41) is 18.9. The van der Waals surface area contributed by atoms with Crippen LogP contribution in [0.4, 0.5) is 23.2 Å². The largest absolute Gasteiger partial charge is 0.417 e. The van der Waals surface area contributed by atoms with Crippen LogP contribution in [0.3, 0.4) is 0 Å². The molecule has 1 aliphatic rings. The number of anilines is 1. The third-order valence-corrected chi connectivity index (χ3v) is 5.98. The SMILES string of the molecule is CC1(C)C(=O)N(c2ccc(C#N)c(C(F)(F)F)c2)C(=S)N1Cc1ccc(-c2cn[nH]n2)c(F)c1. The first-order valence-corrected chi connectivity index (χ1v) is 10.3. The molecule has 0 radical (unpaired) electrons. The summed E-state index contributed by atoms with van der Waals surface area (Å²) in [6.45, 7) is 3.19. The number of rotatable bonds is 4. The van der Waals surface area contributed by atoms with Gasteiger partial charge in [-0.05, 0) is 62.0 Å². The average molecular weight is 488 g/mol. The number of nitrogens with one attached hydrogen (secondary N) is 1. The van der Waals surface area contributed by atoms with Crippen LogP contribution >= 0.6 is 12.2 Å². The quantitative estimate of drug-likeness (QED) is 0.432. The van der Waals surface area contributed by atoms with Crippen LogP contribution in [0, 0.1) is 17.1 Å². The summed E-state index contributed by atoms with van der Waals surface area (Å²) in [4.78, 5) is 15.7. The number of carbonyl (C=O) groups excluding carboxylic acids is 1. The van der Waals surface area contributed by atoms with Crippen molar-refractivity contribution in [1.82, 2.24) is 20.3 Å². The van der Waals surface area contributed by atoms with Gasteiger partial charge in [0.15, 0.2) is 5.11 Å². The first-order chi connectivity index (χ1) is 15.9. The van der Waals surface area contributed by atoms with Crippen molar-refractivity contribution in [3.8, 4) is 17.3 Å². The highest BCUT2D eigenvalue weighted by atomic mass is 32.1. The van der Waals surface area contributed by atoms with Gasteiger partial charge in [0.25, 0.3) is 5.91 Å². The number of H-pyrrole nitrogens is 1. The van der Waals surface area contributed by atoms with Gasteiger partial charge in [0.1, 0.15) is 17.1 Å². The Balaban J connectivity index is 1.67. The number of hydrogen-bond donors (Lipinski definition) is 1. The second-order valence-electron chi connectivity index (χ2n) is 8.08. The standard InChI is InChI=1S/C22H16F4N6OS/c1-21(2)19(33)32(14-5-4-13(9-27)16(8-14)22(24,25)26)20(34)31(21)11-12-3-6-15(17(23)7-12)18-10-28-30-29-18/h3-8,10H,11H2,1-2H3,(H,28,29,30). The number of alkyl halides is 3. The van der Waals surface area contributed by atoms with Crippen molar-refractivity contribution < 1.29 is 22.4 Å². The summed E-state index contributed by atoms with van der Waals surface area (Å²) in [5.41, 5.74) is -2.00. The van der Waals surface area contributed by atoms with Gasteiger partial charge in [0, 0.05) is 12.1 Å². The number of thiocarbonyl (C=S) groups is 1. The molecule has 1 fully saturated rings. The van der Waals surface area contributed by atoms with Gasteiger partial charge in [-0.15, -0.1) is 0 Å². The molecule has 0 spiro atoms. The lowest BCUT2D eigenvalue weighted by atomic mass is 10.0. The smallest absolute Gasteiger partial charge is 0.330 e. The summed E-state index contributed by atoms with van der Waals surface area (Å²) in [6.07, 6.45) is -3.41. The molecule has 12 heteroatoms. The van der Waals surface area contributed by atoms with Crippen LogP contribution in [-0.2, 0) is 17.5 Å². The molecule has 0 aliphatic carbocycles. The minimum atomic E-state index is -4.79. The molecule has 1 aliphatic heterocycles. The maximum atomic E-state index is 14.7. The van der Waals surface area contributed by atoms with Crippen LogP contribution in [0.25, 0.3) is 11.3 Å². The molecular formula is C22H16F4N6OS. The van der Waals surface area contributed by atoms with E-state index in [1.165, 1.54) is 35.4 Å². The fraction of sp³-hybridized carbons (Fsp3) is 0.227. The maximum Gasteiger partial charge on any atom is 0.417 e. The Hall–Kier alpha value is -3.85. The van der Waals surface area contributed by atoms with E-state index in [1.54, 1.807) is 19.9 Å². The van der Waals surface area contributed by atoms with E-state index in [2.05, 4.69) is 15.4 Å². The predicted molar refractivity (Wildman–Crippen MR) is 118 cm³/mol. The Bertz CT molecular complexity index is 1330. The lowest BCUT2D eigenvalue weighted by Gasteiger charge is -2.29. The van der Waals surface area contributed by atoms with E-state index < -0.39 is 34.6 Å². The number of aromatic amines is 1.